The van der Waals surface area contributed by atoms with E-state index in [9.17, 15) is 80.6 Å². The number of rotatable bonds is 7. The van der Waals surface area contributed by atoms with E-state index in [4.69, 9.17) is 0 Å². The number of carbonyl (C=O) groups is 1. The Hall–Kier alpha value is -4.07. The quantitative estimate of drug-likeness (QED) is 0.281. The van der Waals surface area contributed by atoms with Crippen LogP contribution in [-0.2, 0) is 4.79 Å². The van der Waals surface area contributed by atoms with Gasteiger partial charge in [0.25, 0.3) is 0 Å². The summed E-state index contributed by atoms with van der Waals surface area (Å²) in [6.07, 6.45) is -8.36. The number of aromatic hydroxyl groups is 1. The molecule has 2 aromatic carbocycles. The molecule has 5 rings (SSSR count). The molecule has 2 aliphatic rings. The molecule has 0 spiro atoms. The summed E-state index contributed by atoms with van der Waals surface area (Å²) in [4.78, 5) is 25.4. The van der Waals surface area contributed by atoms with Crippen molar-refractivity contribution < 1.29 is 75.8 Å². The lowest BCUT2D eigenvalue weighted by Crippen LogP contribution is -2.74. The van der Waals surface area contributed by atoms with Crippen molar-refractivity contribution in [1.29, 1.82) is 0 Å². The van der Waals surface area contributed by atoms with Crippen LogP contribution in [0.15, 0.2) is 47.3 Å². The van der Waals surface area contributed by atoms with Crippen LogP contribution in [0.2, 0.25) is 0 Å². The third kappa shape index (κ3) is 3.88. The van der Waals surface area contributed by atoms with E-state index in [0.29, 0.717) is 15.3 Å². The number of amides is 1. The molecule has 3 aromatic rings. The first-order chi connectivity index (χ1) is 20.8. The zero-order valence-corrected chi connectivity index (χ0v) is 21.9. The van der Waals surface area contributed by atoms with E-state index in [1.165, 1.54) is 24.3 Å². The standard InChI is InChI=1S/C25H14F15N3O3/c26-19(27,20(28,29)21(30,31)22(32,33)23(34,35)24(36,37)25(38,39)40)17(45)41-9-11-8-14(41)15-16(44)43(18(46)42(11)15)13-7-3-5-10-4-1-2-6-12(10)13/h1-7,11,14,44H,8-9H2/t11-,14-/m0/s1. The van der Waals surface area contributed by atoms with E-state index in [0.717, 1.165) is 4.57 Å². The summed E-state index contributed by atoms with van der Waals surface area (Å²) in [7, 11) is 0. The molecule has 0 unspecified atom stereocenters. The van der Waals surface area contributed by atoms with Crippen LogP contribution in [0, 0.1) is 0 Å². The van der Waals surface area contributed by atoms with Crippen LogP contribution >= 0.6 is 0 Å². The molecular formula is C25H14F15N3O3. The molecule has 1 amide bonds. The fourth-order valence-electron chi connectivity index (χ4n) is 5.57. The number of likely N-dealkylation sites (tertiary alicyclic amines) is 1. The van der Waals surface area contributed by atoms with E-state index in [-0.39, 0.29) is 10.6 Å². The molecule has 6 nitrogen and oxygen atoms in total. The van der Waals surface area contributed by atoms with Gasteiger partial charge in [-0.05, 0) is 17.9 Å². The van der Waals surface area contributed by atoms with Gasteiger partial charge in [-0.2, -0.15) is 65.9 Å². The number of alkyl halides is 15. The predicted molar refractivity (Wildman–Crippen MR) is 123 cm³/mol. The summed E-state index contributed by atoms with van der Waals surface area (Å²) in [5.74, 6) is -53.2. The molecule has 1 aromatic heterocycles. The number of imidazole rings is 1. The van der Waals surface area contributed by atoms with Crippen molar-refractivity contribution in [3.8, 4) is 11.6 Å². The summed E-state index contributed by atoms with van der Waals surface area (Å²) < 4.78 is 206. The van der Waals surface area contributed by atoms with Gasteiger partial charge in [-0.25, -0.2) is 9.36 Å². The van der Waals surface area contributed by atoms with Gasteiger partial charge >= 0.3 is 53.3 Å². The lowest BCUT2D eigenvalue weighted by Gasteiger charge is -2.42. The number of halogens is 15. The maximum atomic E-state index is 14.8. The van der Waals surface area contributed by atoms with Gasteiger partial charge in [-0.1, -0.05) is 36.4 Å². The monoisotopic (exact) mass is 689 g/mol. The molecule has 0 saturated carbocycles. The Morgan fingerprint density at radius 3 is 1.83 bits per heavy atom. The van der Waals surface area contributed by atoms with Crippen LogP contribution in [0.4, 0.5) is 65.9 Å². The van der Waals surface area contributed by atoms with Crippen molar-refractivity contribution in [2.75, 3.05) is 6.54 Å². The number of hydrogen-bond acceptors (Lipinski definition) is 3. The van der Waals surface area contributed by atoms with Crippen LogP contribution in [0.1, 0.15) is 24.2 Å². The number of hydrogen-bond donors (Lipinski definition) is 1. The van der Waals surface area contributed by atoms with Gasteiger partial charge in [0, 0.05) is 11.9 Å². The summed E-state index contributed by atoms with van der Waals surface area (Å²) in [5, 5.41) is 11.8. The molecule has 2 aliphatic heterocycles. The minimum absolute atomic E-state index is 0.00454. The third-order valence-electron chi connectivity index (χ3n) is 7.92. The first kappa shape index (κ1) is 33.3. The minimum atomic E-state index is -8.54. The Balaban J connectivity index is 1.53. The van der Waals surface area contributed by atoms with Crippen molar-refractivity contribution in [2.24, 2.45) is 0 Å². The largest absolute Gasteiger partial charge is 0.493 e. The highest BCUT2D eigenvalue weighted by Crippen LogP contribution is 2.63. The minimum Gasteiger partial charge on any atom is -0.493 e. The second-order valence-corrected chi connectivity index (χ2v) is 10.5. The van der Waals surface area contributed by atoms with E-state index in [1.807, 2.05) is 0 Å². The predicted octanol–water partition coefficient (Wildman–Crippen LogP) is 6.70. The van der Waals surface area contributed by atoms with Gasteiger partial charge in [0.1, 0.15) is 5.69 Å². The Bertz CT molecular complexity index is 1790. The number of aromatic nitrogens is 2. The van der Waals surface area contributed by atoms with Gasteiger partial charge in [-0.3, -0.25) is 9.36 Å². The van der Waals surface area contributed by atoms with Crippen LogP contribution in [0.25, 0.3) is 16.5 Å². The van der Waals surface area contributed by atoms with Crippen molar-refractivity contribution in [1.82, 2.24) is 14.0 Å². The van der Waals surface area contributed by atoms with Gasteiger partial charge in [0.05, 0.1) is 17.8 Å². The summed E-state index contributed by atoms with van der Waals surface area (Å²) in [5.41, 5.74) is -1.75. The molecule has 1 fully saturated rings. The summed E-state index contributed by atoms with van der Waals surface area (Å²) in [6, 6.07) is 7.15. The van der Waals surface area contributed by atoms with Crippen LogP contribution in [-0.4, -0.2) is 73.3 Å². The molecule has 0 aliphatic carbocycles. The van der Waals surface area contributed by atoms with E-state index in [2.05, 4.69) is 0 Å². The van der Waals surface area contributed by atoms with Crippen LogP contribution in [0.5, 0.6) is 5.88 Å². The van der Waals surface area contributed by atoms with E-state index < -0.39 is 89.9 Å². The third-order valence-corrected chi connectivity index (χ3v) is 7.92. The van der Waals surface area contributed by atoms with Crippen LogP contribution < -0.4 is 5.69 Å². The Morgan fingerprint density at radius 1 is 0.717 bits per heavy atom. The summed E-state index contributed by atoms with van der Waals surface area (Å²) >= 11 is 0. The normalized spacial score (nSPS) is 19.7. The molecule has 1 N–H and O–H groups in total. The Morgan fingerprint density at radius 2 is 1.24 bits per heavy atom. The van der Waals surface area contributed by atoms with Crippen molar-refractivity contribution in [3.05, 3.63) is 58.6 Å². The van der Waals surface area contributed by atoms with Crippen LogP contribution in [0.3, 0.4) is 0 Å². The van der Waals surface area contributed by atoms with Gasteiger partial charge < -0.3 is 10.0 Å². The van der Waals surface area contributed by atoms with Gasteiger partial charge in [0.15, 0.2) is 0 Å². The average molecular weight is 689 g/mol. The van der Waals surface area contributed by atoms with Crippen molar-refractivity contribution in [2.45, 2.75) is 60.2 Å². The second kappa shape index (κ2) is 9.49. The molecule has 2 bridgehead atoms. The number of carbonyl (C=O) groups excluding carboxylic acids is 1. The number of fused-ring (bicyclic) bond motifs is 6. The first-order valence-electron chi connectivity index (χ1n) is 12.5. The van der Waals surface area contributed by atoms with E-state index in [1.54, 1.807) is 18.2 Å². The highest BCUT2D eigenvalue weighted by Gasteiger charge is 2.94. The first-order valence-corrected chi connectivity index (χ1v) is 12.5. The maximum absolute atomic E-state index is 14.8. The fraction of sp³-hybridized carbons (Fsp3) is 0.440. The highest BCUT2D eigenvalue weighted by atomic mass is 19.4. The average Bonchev–Trinajstić information content (AvgIpc) is 3.62. The Kier molecular flexibility index (Phi) is 6.87. The number of benzene rings is 2. The van der Waals surface area contributed by atoms with E-state index >= 15 is 0 Å². The molecule has 2 atom stereocenters. The smallest absolute Gasteiger partial charge is 0.460 e. The second-order valence-electron chi connectivity index (χ2n) is 10.5. The van der Waals surface area contributed by atoms with Gasteiger partial charge in [0.2, 0.25) is 5.88 Å². The molecule has 3 heterocycles. The molecular weight excluding hydrogens is 675 g/mol. The zero-order valence-electron chi connectivity index (χ0n) is 21.9. The highest BCUT2D eigenvalue weighted by molar-refractivity contribution is 5.90. The zero-order chi connectivity index (χ0) is 34.8. The topological polar surface area (TPSA) is 67.5 Å². The Labute approximate surface area is 244 Å². The molecule has 46 heavy (non-hydrogen) atoms. The molecule has 252 valence electrons. The number of nitrogens with zero attached hydrogens (tertiary/aromatic N) is 3. The molecule has 21 heteroatoms. The SMILES string of the molecule is O=C(N1C[C@@H]2C[C@H]1c1c(O)n(-c3cccc4ccccc34)c(=O)n12)C(F)(F)C(F)(F)C(F)(F)C(F)(F)C(F)(F)C(F)(F)C(F)(F)F. The maximum Gasteiger partial charge on any atom is 0.460 e. The molecule has 1 saturated heterocycles. The summed E-state index contributed by atoms with van der Waals surface area (Å²) in [6.45, 7) is -1.19. The fourth-order valence-corrected chi connectivity index (χ4v) is 5.57. The lowest BCUT2D eigenvalue weighted by molar-refractivity contribution is -0.450. The molecule has 0 radical (unpaired) electrons. The van der Waals surface area contributed by atoms with Gasteiger partial charge in [-0.15, -0.1) is 0 Å². The van der Waals surface area contributed by atoms with Crippen molar-refractivity contribution >= 4 is 16.7 Å². The lowest BCUT2D eigenvalue weighted by atomic mass is 9.90. The van der Waals surface area contributed by atoms with Crippen molar-refractivity contribution in [3.63, 3.8) is 0 Å².